The van der Waals surface area contributed by atoms with Gasteiger partial charge in [-0.15, -0.1) is 0 Å². The Bertz CT molecular complexity index is 233. The Morgan fingerprint density at radius 2 is 2.00 bits per heavy atom. The van der Waals surface area contributed by atoms with Crippen LogP contribution in [0.4, 0.5) is 0 Å². The van der Waals surface area contributed by atoms with E-state index in [2.05, 4.69) is 19.2 Å². The Hall–Kier alpha value is -0.160. The molecule has 3 unspecified atom stereocenters. The van der Waals surface area contributed by atoms with Gasteiger partial charge in [0.25, 0.3) is 0 Å². The van der Waals surface area contributed by atoms with E-state index in [1.807, 2.05) is 6.92 Å². The number of methoxy groups -OCH3 is 2. The molecule has 0 aromatic rings. The van der Waals surface area contributed by atoms with Gasteiger partial charge in [0.1, 0.15) is 0 Å². The molecule has 1 rings (SSSR count). The third kappa shape index (κ3) is 4.50. The first-order valence-corrected chi connectivity index (χ1v) is 6.90. The monoisotopic (exact) mass is 259 g/mol. The third-order valence-corrected chi connectivity index (χ3v) is 3.73. The summed E-state index contributed by atoms with van der Waals surface area (Å²) < 4.78 is 16.3. The van der Waals surface area contributed by atoms with Crippen LogP contribution in [0, 0.1) is 5.41 Å². The Morgan fingerprint density at radius 1 is 1.28 bits per heavy atom. The van der Waals surface area contributed by atoms with E-state index >= 15 is 0 Å². The summed E-state index contributed by atoms with van der Waals surface area (Å²) in [5.41, 5.74) is 0.255. The van der Waals surface area contributed by atoms with Crippen molar-refractivity contribution in [3.63, 3.8) is 0 Å². The molecule has 0 aliphatic heterocycles. The summed E-state index contributed by atoms with van der Waals surface area (Å²) in [5.74, 6) is 0. The van der Waals surface area contributed by atoms with Crippen molar-refractivity contribution in [1.29, 1.82) is 0 Å². The maximum Gasteiger partial charge on any atom is 0.0986 e. The first-order chi connectivity index (χ1) is 8.54. The van der Waals surface area contributed by atoms with Gasteiger partial charge in [0.05, 0.1) is 12.2 Å². The molecule has 18 heavy (non-hydrogen) atoms. The van der Waals surface area contributed by atoms with E-state index in [9.17, 15) is 0 Å². The predicted molar refractivity (Wildman–Crippen MR) is 72.9 cm³/mol. The van der Waals surface area contributed by atoms with Crippen molar-refractivity contribution in [2.24, 2.45) is 5.41 Å². The zero-order valence-electron chi connectivity index (χ0n) is 12.5. The molecule has 1 aliphatic carbocycles. The molecule has 108 valence electrons. The Balaban J connectivity index is 2.27. The van der Waals surface area contributed by atoms with Crippen molar-refractivity contribution in [3.05, 3.63) is 0 Å². The van der Waals surface area contributed by atoms with Gasteiger partial charge < -0.3 is 19.5 Å². The topological polar surface area (TPSA) is 39.7 Å². The summed E-state index contributed by atoms with van der Waals surface area (Å²) >= 11 is 0. The Kier molecular flexibility index (Phi) is 6.57. The summed E-state index contributed by atoms with van der Waals surface area (Å²) in [7, 11) is 3.52. The van der Waals surface area contributed by atoms with Crippen LogP contribution in [0.5, 0.6) is 0 Å². The minimum absolute atomic E-state index is 0.197. The van der Waals surface area contributed by atoms with Gasteiger partial charge in [0.15, 0.2) is 0 Å². The van der Waals surface area contributed by atoms with Gasteiger partial charge in [-0.1, -0.05) is 13.8 Å². The molecule has 1 saturated carbocycles. The van der Waals surface area contributed by atoms with Gasteiger partial charge in [0.2, 0.25) is 0 Å². The smallest absolute Gasteiger partial charge is 0.0986 e. The van der Waals surface area contributed by atoms with Gasteiger partial charge >= 0.3 is 0 Å². The standard InChI is InChI=1S/C14H29NO3/c1-6-18-12-9-11(13(12)17-5)15-10-14(2,3)7-8-16-4/h11-13,15H,6-10H2,1-5H3. The summed E-state index contributed by atoms with van der Waals surface area (Å²) in [6, 6.07) is 0.424. The van der Waals surface area contributed by atoms with Crippen LogP contribution in [-0.4, -0.2) is 52.2 Å². The molecule has 0 spiro atoms. The first kappa shape index (κ1) is 15.9. The average Bonchev–Trinajstić information content (AvgIpc) is 2.30. The lowest BCUT2D eigenvalue weighted by Crippen LogP contribution is -2.60. The zero-order valence-corrected chi connectivity index (χ0v) is 12.5. The van der Waals surface area contributed by atoms with Crippen LogP contribution in [0.3, 0.4) is 0 Å². The summed E-state index contributed by atoms with van der Waals surface area (Å²) in [5, 5.41) is 3.60. The lowest BCUT2D eigenvalue weighted by Gasteiger charge is -2.44. The average molecular weight is 259 g/mol. The van der Waals surface area contributed by atoms with Gasteiger partial charge in [0, 0.05) is 40.0 Å². The van der Waals surface area contributed by atoms with Crippen LogP contribution in [0.15, 0.2) is 0 Å². The van der Waals surface area contributed by atoms with Crippen LogP contribution in [-0.2, 0) is 14.2 Å². The number of nitrogens with one attached hydrogen (secondary N) is 1. The van der Waals surface area contributed by atoms with Crippen molar-refractivity contribution in [2.45, 2.75) is 51.9 Å². The predicted octanol–water partition coefficient (Wildman–Crippen LogP) is 1.83. The van der Waals surface area contributed by atoms with E-state index < -0.39 is 0 Å². The summed E-state index contributed by atoms with van der Waals surface area (Å²) in [6.07, 6.45) is 2.57. The summed E-state index contributed by atoms with van der Waals surface area (Å²) in [4.78, 5) is 0. The molecular formula is C14H29NO3. The molecule has 4 nitrogen and oxygen atoms in total. The van der Waals surface area contributed by atoms with E-state index in [1.54, 1.807) is 14.2 Å². The van der Waals surface area contributed by atoms with Gasteiger partial charge in [-0.2, -0.15) is 0 Å². The normalized spacial score (nSPS) is 28.2. The lowest BCUT2D eigenvalue weighted by atomic mass is 9.83. The second-order valence-electron chi connectivity index (χ2n) is 5.82. The first-order valence-electron chi connectivity index (χ1n) is 6.90. The molecule has 1 aliphatic rings. The van der Waals surface area contributed by atoms with Crippen LogP contribution in [0.25, 0.3) is 0 Å². The van der Waals surface area contributed by atoms with Crippen LogP contribution >= 0.6 is 0 Å². The van der Waals surface area contributed by atoms with Crippen molar-refractivity contribution >= 4 is 0 Å². The fourth-order valence-corrected chi connectivity index (χ4v) is 2.35. The lowest BCUT2D eigenvalue weighted by molar-refractivity contribution is -0.132. The SMILES string of the molecule is CCOC1CC(NCC(C)(C)CCOC)C1OC. The number of ether oxygens (including phenoxy) is 3. The highest BCUT2D eigenvalue weighted by atomic mass is 16.5. The van der Waals surface area contributed by atoms with Crippen molar-refractivity contribution in [2.75, 3.05) is 34.0 Å². The minimum atomic E-state index is 0.197. The molecule has 1 fully saturated rings. The number of rotatable bonds is 9. The fourth-order valence-electron chi connectivity index (χ4n) is 2.35. The molecule has 0 aromatic carbocycles. The van der Waals surface area contributed by atoms with Crippen LogP contribution in [0.2, 0.25) is 0 Å². The maximum atomic E-state index is 5.62. The minimum Gasteiger partial charge on any atom is -0.385 e. The van der Waals surface area contributed by atoms with Crippen LogP contribution in [0.1, 0.15) is 33.6 Å². The molecule has 0 saturated heterocycles. The van der Waals surface area contributed by atoms with Crippen LogP contribution < -0.4 is 5.32 Å². The largest absolute Gasteiger partial charge is 0.385 e. The quantitative estimate of drug-likeness (QED) is 0.686. The number of hydrogen-bond donors (Lipinski definition) is 1. The molecular weight excluding hydrogens is 230 g/mol. The van der Waals surface area contributed by atoms with E-state index in [0.717, 1.165) is 32.6 Å². The van der Waals surface area contributed by atoms with E-state index in [1.165, 1.54) is 0 Å². The molecule has 3 atom stereocenters. The molecule has 0 bridgehead atoms. The second-order valence-corrected chi connectivity index (χ2v) is 5.82. The maximum absolute atomic E-state index is 5.62. The molecule has 0 heterocycles. The van der Waals surface area contributed by atoms with Gasteiger partial charge in [-0.05, 0) is 25.2 Å². The number of hydrogen-bond acceptors (Lipinski definition) is 4. The van der Waals surface area contributed by atoms with Gasteiger partial charge in [-0.25, -0.2) is 0 Å². The highest BCUT2D eigenvalue weighted by Gasteiger charge is 2.42. The van der Waals surface area contributed by atoms with Crippen molar-refractivity contribution in [1.82, 2.24) is 5.32 Å². The molecule has 1 N–H and O–H groups in total. The highest BCUT2D eigenvalue weighted by molar-refractivity contribution is 4.97. The fraction of sp³-hybridized carbons (Fsp3) is 1.00. The molecule has 4 heteroatoms. The van der Waals surface area contributed by atoms with Crippen molar-refractivity contribution < 1.29 is 14.2 Å². The van der Waals surface area contributed by atoms with E-state index in [-0.39, 0.29) is 17.6 Å². The van der Waals surface area contributed by atoms with Crippen molar-refractivity contribution in [3.8, 4) is 0 Å². The van der Waals surface area contributed by atoms with E-state index in [0.29, 0.717) is 6.04 Å². The highest BCUT2D eigenvalue weighted by Crippen LogP contribution is 2.28. The zero-order chi connectivity index (χ0) is 13.6. The molecule has 0 aromatic heterocycles. The Morgan fingerprint density at radius 3 is 2.56 bits per heavy atom. The Labute approximate surface area is 111 Å². The van der Waals surface area contributed by atoms with Gasteiger partial charge in [-0.3, -0.25) is 0 Å². The third-order valence-electron chi connectivity index (χ3n) is 3.73. The summed E-state index contributed by atoms with van der Waals surface area (Å²) in [6.45, 7) is 9.12. The molecule has 0 amide bonds. The molecule has 0 radical (unpaired) electrons. The second kappa shape index (κ2) is 7.43. The van der Waals surface area contributed by atoms with E-state index in [4.69, 9.17) is 14.2 Å².